The van der Waals surface area contributed by atoms with E-state index in [-0.39, 0.29) is 0 Å². The Balaban J connectivity index is 2.19. The Hall–Kier alpha value is -2.16. The maximum atomic E-state index is 4.43. The molecule has 3 aromatic rings. The van der Waals surface area contributed by atoms with Crippen molar-refractivity contribution in [1.29, 1.82) is 0 Å². The fraction of sp³-hybridized carbons (Fsp3) is 0.0769. The van der Waals surface area contributed by atoms with E-state index >= 15 is 0 Å². The van der Waals surface area contributed by atoms with E-state index in [2.05, 4.69) is 27.1 Å². The number of aryl methyl sites for hydroxylation is 1. The smallest absolute Gasteiger partial charge is 0.156 e. The number of H-pyrrole nitrogens is 1. The van der Waals surface area contributed by atoms with Crippen molar-refractivity contribution in [2.75, 3.05) is 0 Å². The molecule has 0 aliphatic carbocycles. The number of fused-ring (bicyclic) bond motifs is 1. The lowest BCUT2D eigenvalue weighted by Gasteiger charge is -1.94. The number of rotatable bonds is 1. The van der Waals surface area contributed by atoms with E-state index in [0.29, 0.717) is 0 Å². The molecule has 0 aliphatic heterocycles. The van der Waals surface area contributed by atoms with Gasteiger partial charge in [-0.1, -0.05) is 30.3 Å². The molecular weight excluding hydrogens is 198 g/mol. The van der Waals surface area contributed by atoms with Crippen molar-refractivity contribution in [3.63, 3.8) is 0 Å². The normalized spacial score (nSPS) is 10.8. The summed E-state index contributed by atoms with van der Waals surface area (Å²) < 4.78 is 0. The Morgan fingerprint density at radius 2 is 1.94 bits per heavy atom. The molecule has 0 atom stereocenters. The van der Waals surface area contributed by atoms with Crippen LogP contribution in [-0.4, -0.2) is 15.0 Å². The lowest BCUT2D eigenvalue weighted by Crippen LogP contribution is -1.83. The average molecular weight is 209 g/mol. The molecular formula is C13H11N3. The van der Waals surface area contributed by atoms with E-state index in [1.54, 1.807) is 6.20 Å². The topological polar surface area (TPSA) is 41.6 Å². The highest BCUT2D eigenvalue weighted by Crippen LogP contribution is 2.21. The minimum atomic E-state index is 0.837. The first-order valence-corrected chi connectivity index (χ1v) is 5.21. The summed E-state index contributed by atoms with van der Waals surface area (Å²) in [5, 5.41) is 0. The van der Waals surface area contributed by atoms with Crippen molar-refractivity contribution in [1.82, 2.24) is 15.0 Å². The van der Waals surface area contributed by atoms with E-state index < -0.39 is 0 Å². The fourth-order valence-electron chi connectivity index (χ4n) is 1.77. The van der Waals surface area contributed by atoms with Gasteiger partial charge in [0.25, 0.3) is 0 Å². The van der Waals surface area contributed by atoms with E-state index in [9.17, 15) is 0 Å². The van der Waals surface area contributed by atoms with Crippen LogP contribution in [0.3, 0.4) is 0 Å². The van der Waals surface area contributed by atoms with E-state index in [4.69, 9.17) is 0 Å². The Bertz CT molecular complexity index is 626. The summed E-state index contributed by atoms with van der Waals surface area (Å²) in [6, 6.07) is 12.2. The van der Waals surface area contributed by atoms with Gasteiger partial charge in [0, 0.05) is 5.69 Å². The lowest BCUT2D eigenvalue weighted by atomic mass is 10.2. The van der Waals surface area contributed by atoms with Crippen LogP contribution in [0.2, 0.25) is 0 Å². The highest BCUT2D eigenvalue weighted by molar-refractivity contribution is 5.79. The molecule has 3 rings (SSSR count). The first kappa shape index (κ1) is 9.09. The predicted octanol–water partition coefficient (Wildman–Crippen LogP) is 2.93. The monoisotopic (exact) mass is 209 g/mol. The summed E-state index contributed by atoms with van der Waals surface area (Å²) in [6.07, 6.45) is 1.77. The van der Waals surface area contributed by atoms with E-state index in [1.807, 2.05) is 31.2 Å². The Morgan fingerprint density at radius 3 is 2.75 bits per heavy atom. The van der Waals surface area contributed by atoms with Gasteiger partial charge in [0.05, 0.1) is 11.9 Å². The molecule has 1 N–H and O–H groups in total. The molecule has 3 heteroatoms. The highest BCUT2D eigenvalue weighted by atomic mass is 14.9. The summed E-state index contributed by atoms with van der Waals surface area (Å²) in [7, 11) is 0. The third kappa shape index (κ3) is 1.46. The van der Waals surface area contributed by atoms with Crippen LogP contribution in [0.4, 0.5) is 0 Å². The zero-order chi connectivity index (χ0) is 11.0. The summed E-state index contributed by atoms with van der Waals surface area (Å²) in [5.74, 6) is 0. The zero-order valence-corrected chi connectivity index (χ0v) is 8.94. The predicted molar refractivity (Wildman–Crippen MR) is 64.1 cm³/mol. The van der Waals surface area contributed by atoms with Gasteiger partial charge in [0.1, 0.15) is 5.52 Å². The minimum absolute atomic E-state index is 0.837. The van der Waals surface area contributed by atoms with Gasteiger partial charge < -0.3 is 4.98 Å². The quantitative estimate of drug-likeness (QED) is 0.669. The molecule has 2 aromatic heterocycles. The summed E-state index contributed by atoms with van der Waals surface area (Å²) in [5.41, 5.74) is 4.90. The van der Waals surface area contributed by atoms with Gasteiger partial charge in [-0.15, -0.1) is 0 Å². The third-order valence-corrected chi connectivity index (χ3v) is 2.54. The van der Waals surface area contributed by atoms with Crippen LogP contribution in [0.5, 0.6) is 0 Å². The van der Waals surface area contributed by atoms with Crippen molar-refractivity contribution in [2.24, 2.45) is 0 Å². The molecule has 16 heavy (non-hydrogen) atoms. The molecule has 0 amide bonds. The van der Waals surface area contributed by atoms with Gasteiger partial charge in [-0.05, 0) is 18.6 Å². The van der Waals surface area contributed by atoms with Gasteiger partial charge in [-0.25, -0.2) is 9.97 Å². The zero-order valence-electron chi connectivity index (χ0n) is 8.94. The average Bonchev–Trinajstić information content (AvgIpc) is 2.73. The van der Waals surface area contributed by atoms with Crippen LogP contribution < -0.4 is 0 Å². The largest absolute Gasteiger partial charge is 0.338 e. The van der Waals surface area contributed by atoms with Crippen molar-refractivity contribution in [3.8, 4) is 11.3 Å². The van der Waals surface area contributed by atoms with Gasteiger partial charge in [-0.2, -0.15) is 0 Å². The number of nitrogens with zero attached hydrogens (tertiary/aromatic N) is 2. The van der Waals surface area contributed by atoms with Crippen LogP contribution >= 0.6 is 0 Å². The second kappa shape index (κ2) is 3.45. The summed E-state index contributed by atoms with van der Waals surface area (Å²) in [6.45, 7) is 1.95. The van der Waals surface area contributed by atoms with Crippen molar-refractivity contribution in [3.05, 3.63) is 48.3 Å². The molecule has 0 aliphatic rings. The number of benzene rings is 1. The molecule has 0 fully saturated rings. The Kier molecular flexibility index (Phi) is 1.96. The molecule has 0 spiro atoms. The second-order valence-corrected chi connectivity index (χ2v) is 3.79. The first-order chi connectivity index (χ1) is 7.83. The Morgan fingerprint density at radius 1 is 1.12 bits per heavy atom. The first-order valence-electron chi connectivity index (χ1n) is 5.21. The van der Waals surface area contributed by atoms with Crippen molar-refractivity contribution in [2.45, 2.75) is 6.92 Å². The minimum Gasteiger partial charge on any atom is -0.338 e. The van der Waals surface area contributed by atoms with Crippen LogP contribution in [0, 0.1) is 6.92 Å². The molecule has 0 unspecified atom stereocenters. The van der Waals surface area contributed by atoms with Crippen LogP contribution in [0.15, 0.2) is 42.6 Å². The van der Waals surface area contributed by atoms with Crippen LogP contribution in [0.25, 0.3) is 22.4 Å². The van der Waals surface area contributed by atoms with Crippen LogP contribution in [-0.2, 0) is 0 Å². The second-order valence-electron chi connectivity index (χ2n) is 3.79. The molecule has 3 nitrogen and oxygen atoms in total. The van der Waals surface area contributed by atoms with E-state index in [0.717, 1.165) is 28.1 Å². The molecule has 0 radical (unpaired) electrons. The third-order valence-electron chi connectivity index (χ3n) is 2.54. The maximum Gasteiger partial charge on any atom is 0.156 e. The number of nitrogens with one attached hydrogen (secondary N) is 1. The van der Waals surface area contributed by atoms with E-state index in [1.165, 1.54) is 0 Å². The summed E-state index contributed by atoms with van der Waals surface area (Å²) >= 11 is 0. The SMILES string of the molecule is Cc1cnc2[nH]c(-c3ccccc3)cc2n1. The fourth-order valence-corrected chi connectivity index (χ4v) is 1.77. The number of aromatic nitrogens is 3. The van der Waals surface area contributed by atoms with Gasteiger partial charge in [0.2, 0.25) is 0 Å². The standard InChI is InChI=1S/C13H11N3/c1-9-8-14-13-12(15-9)7-11(16-13)10-5-3-2-4-6-10/h2-8H,1H3,(H,14,16). The lowest BCUT2D eigenvalue weighted by molar-refractivity contribution is 1.17. The molecule has 0 bridgehead atoms. The maximum absolute atomic E-state index is 4.43. The van der Waals surface area contributed by atoms with Gasteiger partial charge in [0.15, 0.2) is 5.65 Å². The van der Waals surface area contributed by atoms with Crippen molar-refractivity contribution < 1.29 is 0 Å². The van der Waals surface area contributed by atoms with Gasteiger partial charge in [-0.3, -0.25) is 0 Å². The molecule has 1 aromatic carbocycles. The highest BCUT2D eigenvalue weighted by Gasteiger charge is 2.04. The summed E-state index contributed by atoms with van der Waals surface area (Å²) in [4.78, 5) is 12.0. The number of hydrogen-bond acceptors (Lipinski definition) is 2. The Labute approximate surface area is 93.2 Å². The number of hydrogen-bond donors (Lipinski definition) is 1. The van der Waals surface area contributed by atoms with Crippen molar-refractivity contribution >= 4 is 11.2 Å². The van der Waals surface area contributed by atoms with Crippen LogP contribution in [0.1, 0.15) is 5.69 Å². The van der Waals surface area contributed by atoms with Gasteiger partial charge >= 0.3 is 0 Å². The number of aromatic amines is 1. The molecule has 0 saturated heterocycles. The molecule has 2 heterocycles. The molecule has 78 valence electrons. The molecule has 0 saturated carbocycles.